The Balaban J connectivity index is 2.12. The van der Waals surface area contributed by atoms with E-state index in [9.17, 15) is 14.7 Å². The standard InChI is InChI=1S/C15H18BrNO4/c1-2-21-15(20)10-4-3-7-17(9-10)14(19)12-8-11(16)5-6-13(12)18/h5-6,8,10,18H,2-4,7,9H2,1H3. The molecule has 5 nitrogen and oxygen atoms in total. The van der Waals surface area contributed by atoms with Crippen LogP contribution in [0.1, 0.15) is 30.1 Å². The number of halogens is 1. The van der Waals surface area contributed by atoms with E-state index in [-0.39, 0.29) is 29.1 Å². The molecule has 1 aliphatic rings. The molecule has 1 aliphatic heterocycles. The molecule has 1 amide bonds. The Hall–Kier alpha value is -1.56. The molecule has 0 aliphatic carbocycles. The van der Waals surface area contributed by atoms with Gasteiger partial charge in [-0.2, -0.15) is 0 Å². The molecule has 0 aromatic heterocycles. The lowest BCUT2D eigenvalue weighted by molar-refractivity contribution is -0.149. The first-order valence-corrected chi connectivity index (χ1v) is 7.76. The average molecular weight is 356 g/mol. The van der Waals surface area contributed by atoms with Crippen LogP contribution in [0.25, 0.3) is 0 Å². The van der Waals surface area contributed by atoms with Gasteiger partial charge in [0, 0.05) is 17.6 Å². The highest BCUT2D eigenvalue weighted by atomic mass is 79.9. The second-order valence-corrected chi connectivity index (χ2v) is 5.92. The quantitative estimate of drug-likeness (QED) is 0.846. The molecule has 6 heteroatoms. The molecule has 21 heavy (non-hydrogen) atoms. The number of hydrogen-bond donors (Lipinski definition) is 1. The van der Waals surface area contributed by atoms with Crippen molar-refractivity contribution < 1.29 is 19.4 Å². The van der Waals surface area contributed by atoms with Crippen LogP contribution in [-0.2, 0) is 9.53 Å². The number of carbonyl (C=O) groups excluding carboxylic acids is 2. The van der Waals surface area contributed by atoms with Gasteiger partial charge in [-0.3, -0.25) is 9.59 Å². The lowest BCUT2D eigenvalue weighted by Crippen LogP contribution is -2.42. The number of phenolic OH excluding ortho intramolecular Hbond substituents is 1. The van der Waals surface area contributed by atoms with Crippen LogP contribution in [-0.4, -0.2) is 41.6 Å². The maximum atomic E-state index is 12.5. The van der Waals surface area contributed by atoms with Gasteiger partial charge in [0.1, 0.15) is 5.75 Å². The Morgan fingerprint density at radius 2 is 2.24 bits per heavy atom. The highest BCUT2D eigenvalue weighted by Gasteiger charge is 2.30. The summed E-state index contributed by atoms with van der Waals surface area (Å²) in [5.74, 6) is -0.852. The van der Waals surface area contributed by atoms with E-state index in [0.717, 1.165) is 17.3 Å². The van der Waals surface area contributed by atoms with E-state index in [1.54, 1.807) is 24.0 Å². The predicted octanol–water partition coefficient (Wildman–Crippen LogP) is 2.57. The zero-order valence-corrected chi connectivity index (χ0v) is 13.4. The molecular weight excluding hydrogens is 338 g/mol. The Labute approximate surface area is 132 Å². The zero-order chi connectivity index (χ0) is 15.4. The molecule has 1 unspecified atom stereocenters. The van der Waals surface area contributed by atoms with E-state index in [0.29, 0.717) is 19.7 Å². The number of hydrogen-bond acceptors (Lipinski definition) is 4. The van der Waals surface area contributed by atoms with Gasteiger partial charge in [-0.15, -0.1) is 0 Å². The fraction of sp³-hybridized carbons (Fsp3) is 0.467. The number of piperidine rings is 1. The summed E-state index contributed by atoms with van der Waals surface area (Å²) in [6.07, 6.45) is 1.48. The summed E-state index contributed by atoms with van der Waals surface area (Å²) in [6, 6.07) is 4.74. The lowest BCUT2D eigenvalue weighted by Gasteiger charge is -2.31. The Morgan fingerprint density at radius 1 is 1.48 bits per heavy atom. The van der Waals surface area contributed by atoms with Crippen LogP contribution < -0.4 is 0 Å². The van der Waals surface area contributed by atoms with Gasteiger partial charge in [0.05, 0.1) is 18.1 Å². The van der Waals surface area contributed by atoms with Gasteiger partial charge < -0.3 is 14.7 Å². The number of aromatic hydroxyl groups is 1. The molecule has 0 radical (unpaired) electrons. The molecule has 0 spiro atoms. The Morgan fingerprint density at radius 3 is 2.95 bits per heavy atom. The molecule has 1 fully saturated rings. The first-order chi connectivity index (χ1) is 10.0. The summed E-state index contributed by atoms with van der Waals surface area (Å²) in [6.45, 7) is 3.03. The summed E-state index contributed by atoms with van der Waals surface area (Å²) in [7, 11) is 0. The zero-order valence-electron chi connectivity index (χ0n) is 11.8. The van der Waals surface area contributed by atoms with Crippen molar-refractivity contribution >= 4 is 27.8 Å². The number of amides is 1. The van der Waals surface area contributed by atoms with Crippen LogP contribution in [0.3, 0.4) is 0 Å². The van der Waals surface area contributed by atoms with Crippen LogP contribution in [0.2, 0.25) is 0 Å². The summed E-state index contributed by atoms with van der Waals surface area (Å²) >= 11 is 3.29. The lowest BCUT2D eigenvalue weighted by atomic mass is 9.97. The minimum absolute atomic E-state index is 0.0542. The number of esters is 1. The number of phenols is 1. The molecule has 0 bridgehead atoms. The third-order valence-corrected chi connectivity index (χ3v) is 4.01. The SMILES string of the molecule is CCOC(=O)C1CCCN(C(=O)c2cc(Br)ccc2O)C1. The first kappa shape index (κ1) is 15.8. The second kappa shape index (κ2) is 6.93. The Kier molecular flexibility index (Phi) is 5.22. The summed E-state index contributed by atoms with van der Waals surface area (Å²) in [5, 5.41) is 9.84. The average Bonchev–Trinajstić information content (AvgIpc) is 2.49. The van der Waals surface area contributed by atoms with Gasteiger partial charge in [-0.1, -0.05) is 15.9 Å². The van der Waals surface area contributed by atoms with Gasteiger partial charge >= 0.3 is 5.97 Å². The second-order valence-electron chi connectivity index (χ2n) is 5.00. The van der Waals surface area contributed by atoms with Crippen molar-refractivity contribution in [3.8, 4) is 5.75 Å². The number of nitrogens with zero attached hydrogens (tertiary/aromatic N) is 1. The van der Waals surface area contributed by atoms with Crippen molar-refractivity contribution in [3.63, 3.8) is 0 Å². The van der Waals surface area contributed by atoms with Crippen molar-refractivity contribution in [1.82, 2.24) is 4.90 Å². The van der Waals surface area contributed by atoms with Crippen molar-refractivity contribution in [3.05, 3.63) is 28.2 Å². The highest BCUT2D eigenvalue weighted by Crippen LogP contribution is 2.26. The summed E-state index contributed by atoms with van der Waals surface area (Å²) in [4.78, 5) is 25.9. The van der Waals surface area contributed by atoms with Gasteiger partial charge in [-0.05, 0) is 38.0 Å². The Bertz CT molecular complexity index is 546. The molecular formula is C15H18BrNO4. The van der Waals surface area contributed by atoms with E-state index in [2.05, 4.69) is 15.9 Å². The maximum Gasteiger partial charge on any atom is 0.310 e. The smallest absolute Gasteiger partial charge is 0.310 e. The molecule has 1 heterocycles. The third-order valence-electron chi connectivity index (χ3n) is 3.52. The molecule has 1 atom stereocenters. The van der Waals surface area contributed by atoms with Crippen molar-refractivity contribution in [2.24, 2.45) is 5.92 Å². The van der Waals surface area contributed by atoms with Gasteiger partial charge in [0.15, 0.2) is 0 Å². The van der Waals surface area contributed by atoms with E-state index in [1.807, 2.05) is 0 Å². The number of benzene rings is 1. The van der Waals surface area contributed by atoms with E-state index < -0.39 is 0 Å². The first-order valence-electron chi connectivity index (χ1n) is 6.97. The van der Waals surface area contributed by atoms with Gasteiger partial charge in [0.25, 0.3) is 5.91 Å². The van der Waals surface area contributed by atoms with E-state index >= 15 is 0 Å². The minimum Gasteiger partial charge on any atom is -0.507 e. The molecule has 1 saturated heterocycles. The molecule has 1 N–H and O–H groups in total. The largest absolute Gasteiger partial charge is 0.507 e. The molecule has 2 rings (SSSR count). The van der Waals surface area contributed by atoms with Crippen LogP contribution >= 0.6 is 15.9 Å². The number of ether oxygens (including phenoxy) is 1. The maximum absolute atomic E-state index is 12.5. The highest BCUT2D eigenvalue weighted by molar-refractivity contribution is 9.10. The van der Waals surface area contributed by atoms with Crippen LogP contribution in [0.5, 0.6) is 5.75 Å². The van der Waals surface area contributed by atoms with Crippen molar-refractivity contribution in [1.29, 1.82) is 0 Å². The number of carbonyl (C=O) groups is 2. The third kappa shape index (κ3) is 3.75. The van der Waals surface area contributed by atoms with Gasteiger partial charge in [0.2, 0.25) is 0 Å². The topological polar surface area (TPSA) is 66.8 Å². The number of rotatable bonds is 3. The number of likely N-dealkylation sites (tertiary alicyclic amines) is 1. The molecule has 1 aromatic rings. The predicted molar refractivity (Wildman–Crippen MR) is 81.1 cm³/mol. The summed E-state index contributed by atoms with van der Waals surface area (Å²) in [5.41, 5.74) is 0.244. The van der Waals surface area contributed by atoms with Crippen molar-refractivity contribution in [2.45, 2.75) is 19.8 Å². The monoisotopic (exact) mass is 355 g/mol. The van der Waals surface area contributed by atoms with Crippen molar-refractivity contribution in [2.75, 3.05) is 19.7 Å². The molecule has 114 valence electrons. The van der Waals surface area contributed by atoms with E-state index in [1.165, 1.54) is 6.07 Å². The molecule has 1 aromatic carbocycles. The fourth-order valence-electron chi connectivity index (χ4n) is 2.46. The molecule has 0 saturated carbocycles. The van der Waals surface area contributed by atoms with Gasteiger partial charge in [-0.25, -0.2) is 0 Å². The fourth-order valence-corrected chi connectivity index (χ4v) is 2.83. The van der Waals surface area contributed by atoms with Crippen LogP contribution in [0, 0.1) is 5.92 Å². The van der Waals surface area contributed by atoms with Crippen LogP contribution in [0.15, 0.2) is 22.7 Å². The van der Waals surface area contributed by atoms with E-state index in [4.69, 9.17) is 4.74 Å². The van der Waals surface area contributed by atoms with Crippen LogP contribution in [0.4, 0.5) is 0 Å². The minimum atomic E-state index is -0.281. The normalized spacial score (nSPS) is 18.4. The summed E-state index contributed by atoms with van der Waals surface area (Å²) < 4.78 is 5.75.